The molecule has 7 heteroatoms. The molecule has 3 heterocycles. The Labute approximate surface area is 172 Å². The molecule has 2 aliphatic heterocycles. The first-order valence-corrected chi connectivity index (χ1v) is 9.97. The normalized spacial score (nSPS) is 22.0. The second kappa shape index (κ2) is 7.22. The van der Waals surface area contributed by atoms with Crippen LogP contribution in [-0.2, 0) is 15.7 Å². The molecule has 0 spiro atoms. The highest BCUT2D eigenvalue weighted by Crippen LogP contribution is 2.42. The van der Waals surface area contributed by atoms with Crippen molar-refractivity contribution in [2.24, 2.45) is 0 Å². The summed E-state index contributed by atoms with van der Waals surface area (Å²) in [7, 11) is 2.84. The highest BCUT2D eigenvalue weighted by molar-refractivity contribution is 6.62. The van der Waals surface area contributed by atoms with Gasteiger partial charge in [0.05, 0.1) is 25.4 Å². The zero-order chi connectivity index (χ0) is 20.8. The van der Waals surface area contributed by atoms with Gasteiger partial charge in [0.15, 0.2) is 11.5 Å². The van der Waals surface area contributed by atoms with Gasteiger partial charge < -0.3 is 23.5 Å². The fraction of sp³-hybridized carbons (Fsp3) is 0.500. The Kier molecular flexibility index (Phi) is 4.99. The minimum absolute atomic E-state index is 0.0718. The zero-order valence-electron chi connectivity index (χ0n) is 17.9. The fourth-order valence-corrected chi connectivity index (χ4v) is 3.70. The first-order valence-electron chi connectivity index (χ1n) is 9.97. The summed E-state index contributed by atoms with van der Waals surface area (Å²) < 4.78 is 29.6. The minimum atomic E-state index is -0.428. The van der Waals surface area contributed by atoms with Crippen LogP contribution >= 0.6 is 0 Å². The van der Waals surface area contributed by atoms with Crippen molar-refractivity contribution in [2.75, 3.05) is 14.2 Å². The Balaban J connectivity index is 1.61. The number of hydrogen-bond donors (Lipinski definition) is 0. The van der Waals surface area contributed by atoms with Crippen LogP contribution < -0.4 is 19.7 Å². The van der Waals surface area contributed by atoms with Crippen LogP contribution in [-0.4, -0.2) is 37.5 Å². The maximum atomic E-state index is 6.33. The molecule has 0 aliphatic carbocycles. The molecule has 1 aromatic carbocycles. The van der Waals surface area contributed by atoms with Crippen molar-refractivity contribution in [3.05, 3.63) is 41.6 Å². The van der Waals surface area contributed by atoms with E-state index >= 15 is 0 Å². The lowest BCUT2D eigenvalue weighted by atomic mass is 9.77. The quantitative estimate of drug-likeness (QED) is 0.737. The van der Waals surface area contributed by atoms with Crippen molar-refractivity contribution in [1.29, 1.82) is 0 Å². The van der Waals surface area contributed by atoms with Crippen LogP contribution in [0.5, 0.6) is 17.4 Å². The number of fused-ring (bicyclic) bond motifs is 1. The lowest BCUT2D eigenvalue weighted by Gasteiger charge is -2.32. The van der Waals surface area contributed by atoms with E-state index in [1.807, 2.05) is 18.2 Å². The number of methoxy groups -OCH3 is 2. The van der Waals surface area contributed by atoms with Crippen LogP contribution in [0.25, 0.3) is 0 Å². The third-order valence-electron chi connectivity index (χ3n) is 6.18. The smallest absolute Gasteiger partial charge is 0.493 e. The number of aromatic nitrogens is 1. The number of aryl methyl sites for hydroxylation is 1. The molecule has 0 bridgehead atoms. The van der Waals surface area contributed by atoms with Crippen LogP contribution in [0.2, 0.25) is 0 Å². The van der Waals surface area contributed by atoms with Crippen LogP contribution in [0.3, 0.4) is 0 Å². The monoisotopic (exact) mass is 397 g/mol. The molecule has 1 atom stereocenters. The first kappa shape index (κ1) is 20.0. The second-order valence-corrected chi connectivity index (χ2v) is 8.58. The van der Waals surface area contributed by atoms with E-state index in [-0.39, 0.29) is 17.3 Å². The standard InChI is InChI=1S/C22H28BNO5/c1-21(2)22(3,4)29-23(28-21)16-11-14-7-9-17(27-20(14)18(12-16)25-5)15-8-10-19(26-6)24-13-15/h8,10-13,17H,7,9H2,1-6H3. The van der Waals surface area contributed by atoms with Crippen LogP contribution in [0.1, 0.15) is 51.3 Å². The molecular weight excluding hydrogens is 369 g/mol. The van der Waals surface area contributed by atoms with Gasteiger partial charge in [-0.1, -0.05) is 6.07 Å². The van der Waals surface area contributed by atoms with E-state index in [1.54, 1.807) is 20.4 Å². The van der Waals surface area contributed by atoms with Crippen molar-refractivity contribution < 1.29 is 23.5 Å². The zero-order valence-corrected chi connectivity index (χ0v) is 17.9. The summed E-state index contributed by atoms with van der Waals surface area (Å²) >= 11 is 0. The fourth-order valence-electron chi connectivity index (χ4n) is 3.70. The molecule has 1 aromatic heterocycles. The van der Waals surface area contributed by atoms with Gasteiger partial charge in [0.25, 0.3) is 0 Å². The Bertz CT molecular complexity index is 864. The molecule has 0 N–H and O–H groups in total. The summed E-state index contributed by atoms with van der Waals surface area (Å²) in [4.78, 5) is 4.30. The van der Waals surface area contributed by atoms with Crippen molar-refractivity contribution >= 4 is 12.6 Å². The van der Waals surface area contributed by atoms with E-state index in [9.17, 15) is 0 Å². The van der Waals surface area contributed by atoms with Gasteiger partial charge in [0.1, 0.15) is 6.10 Å². The lowest BCUT2D eigenvalue weighted by molar-refractivity contribution is 0.00578. The van der Waals surface area contributed by atoms with Crippen molar-refractivity contribution in [1.82, 2.24) is 4.98 Å². The number of pyridine rings is 1. The molecule has 1 fully saturated rings. The molecule has 0 amide bonds. The van der Waals surface area contributed by atoms with Gasteiger partial charge in [-0.3, -0.25) is 0 Å². The first-order chi connectivity index (χ1) is 13.7. The summed E-state index contributed by atoms with van der Waals surface area (Å²) in [5.74, 6) is 2.06. The number of rotatable bonds is 4. The summed E-state index contributed by atoms with van der Waals surface area (Å²) in [5, 5.41) is 0. The highest BCUT2D eigenvalue weighted by Gasteiger charge is 2.52. The van der Waals surface area contributed by atoms with Gasteiger partial charge in [-0.05, 0) is 63.7 Å². The molecule has 2 aliphatic rings. The Hall–Kier alpha value is -2.25. The van der Waals surface area contributed by atoms with Gasteiger partial charge in [-0.15, -0.1) is 0 Å². The Morgan fingerprint density at radius 2 is 1.76 bits per heavy atom. The topological polar surface area (TPSA) is 59.0 Å². The predicted molar refractivity (Wildman–Crippen MR) is 111 cm³/mol. The van der Waals surface area contributed by atoms with Crippen LogP contribution in [0, 0.1) is 0 Å². The van der Waals surface area contributed by atoms with Gasteiger partial charge in [0.2, 0.25) is 5.88 Å². The third-order valence-corrected chi connectivity index (χ3v) is 6.18. The molecule has 1 saturated heterocycles. The molecular formula is C22H28BNO5. The van der Waals surface area contributed by atoms with Gasteiger partial charge >= 0.3 is 7.12 Å². The van der Waals surface area contributed by atoms with Gasteiger partial charge in [-0.25, -0.2) is 4.98 Å². The van der Waals surface area contributed by atoms with E-state index in [2.05, 4.69) is 38.7 Å². The van der Waals surface area contributed by atoms with E-state index in [0.29, 0.717) is 11.6 Å². The van der Waals surface area contributed by atoms with E-state index in [0.717, 1.165) is 35.2 Å². The predicted octanol–water partition coefficient (Wildman–Crippen LogP) is 3.46. The summed E-state index contributed by atoms with van der Waals surface area (Å²) in [5.41, 5.74) is 2.31. The Morgan fingerprint density at radius 3 is 2.34 bits per heavy atom. The molecule has 29 heavy (non-hydrogen) atoms. The molecule has 4 rings (SSSR count). The van der Waals surface area contributed by atoms with E-state index in [4.69, 9.17) is 23.5 Å². The minimum Gasteiger partial charge on any atom is -0.493 e. The summed E-state index contributed by atoms with van der Waals surface area (Å²) in [6, 6.07) is 7.91. The largest absolute Gasteiger partial charge is 0.494 e. The van der Waals surface area contributed by atoms with Gasteiger partial charge in [0, 0.05) is 17.8 Å². The lowest BCUT2D eigenvalue weighted by Crippen LogP contribution is -2.41. The van der Waals surface area contributed by atoms with Crippen LogP contribution in [0.4, 0.5) is 0 Å². The van der Waals surface area contributed by atoms with E-state index < -0.39 is 7.12 Å². The SMILES string of the molecule is COc1ccc(C2CCc3cc(B4OC(C)(C)C(C)(C)O4)cc(OC)c3O2)cn1. The third kappa shape index (κ3) is 3.58. The van der Waals surface area contributed by atoms with Gasteiger partial charge in [-0.2, -0.15) is 0 Å². The number of benzene rings is 1. The number of ether oxygens (including phenoxy) is 3. The Morgan fingerprint density at radius 1 is 1.03 bits per heavy atom. The molecule has 0 saturated carbocycles. The van der Waals surface area contributed by atoms with Crippen molar-refractivity contribution in [2.45, 2.75) is 57.8 Å². The molecule has 2 aromatic rings. The number of nitrogens with zero attached hydrogens (tertiary/aromatic N) is 1. The maximum Gasteiger partial charge on any atom is 0.494 e. The molecule has 0 radical (unpaired) electrons. The highest BCUT2D eigenvalue weighted by atomic mass is 16.7. The van der Waals surface area contributed by atoms with Crippen molar-refractivity contribution in [3.63, 3.8) is 0 Å². The average Bonchev–Trinajstić information content (AvgIpc) is 2.94. The number of hydrogen-bond acceptors (Lipinski definition) is 6. The molecule has 154 valence electrons. The van der Waals surface area contributed by atoms with Crippen LogP contribution in [0.15, 0.2) is 30.5 Å². The molecule has 6 nitrogen and oxygen atoms in total. The summed E-state index contributed by atoms with van der Waals surface area (Å²) in [6.45, 7) is 8.22. The molecule has 1 unspecified atom stereocenters. The summed E-state index contributed by atoms with van der Waals surface area (Å²) in [6.07, 6.45) is 3.46. The average molecular weight is 397 g/mol. The maximum absolute atomic E-state index is 6.33. The second-order valence-electron chi connectivity index (χ2n) is 8.58. The van der Waals surface area contributed by atoms with Crippen molar-refractivity contribution in [3.8, 4) is 17.4 Å². The van der Waals surface area contributed by atoms with E-state index in [1.165, 1.54) is 0 Å².